The highest BCUT2D eigenvalue weighted by molar-refractivity contribution is 5.94. The summed E-state index contributed by atoms with van der Waals surface area (Å²) in [6, 6.07) is 7.19. The first-order valence-electron chi connectivity index (χ1n) is 7.21. The van der Waals surface area contributed by atoms with Crippen molar-refractivity contribution in [3.8, 4) is 5.75 Å². The lowest BCUT2D eigenvalue weighted by atomic mass is 10.1. The maximum absolute atomic E-state index is 12.4. The smallest absolute Gasteiger partial charge is 0.253 e. The summed E-state index contributed by atoms with van der Waals surface area (Å²) in [5, 5.41) is 8.92. The van der Waals surface area contributed by atoms with E-state index in [2.05, 4.69) is 11.5 Å². The predicted octanol–water partition coefficient (Wildman–Crippen LogP) is 1.00. The molecule has 1 aromatic rings. The minimum atomic E-state index is 0.0499. The van der Waals surface area contributed by atoms with E-state index in [9.17, 15) is 4.79 Å². The van der Waals surface area contributed by atoms with Crippen molar-refractivity contribution < 1.29 is 14.6 Å². The standard InChI is InChI=1S/C16H22N2O3/c1-2-13-21-15-5-3-14(4-6-15)16(20)18-9-7-17(8-10-18)11-12-19/h2-6,19H,1,7-13H2. The molecule has 2 rings (SSSR count). The van der Waals surface area contributed by atoms with E-state index in [0.29, 0.717) is 31.8 Å². The number of amides is 1. The number of ether oxygens (including phenoxy) is 1. The number of carbonyl (C=O) groups excluding carboxylic acids is 1. The second kappa shape index (κ2) is 7.81. The number of hydrogen-bond donors (Lipinski definition) is 1. The number of aliphatic hydroxyl groups excluding tert-OH is 1. The molecule has 1 amide bonds. The first-order valence-corrected chi connectivity index (χ1v) is 7.21. The molecule has 21 heavy (non-hydrogen) atoms. The lowest BCUT2D eigenvalue weighted by molar-refractivity contribution is 0.0615. The quantitative estimate of drug-likeness (QED) is 0.794. The lowest BCUT2D eigenvalue weighted by Crippen LogP contribution is -2.49. The minimum absolute atomic E-state index is 0.0499. The molecule has 0 spiro atoms. The molecule has 0 aliphatic carbocycles. The van der Waals surface area contributed by atoms with Crippen molar-refractivity contribution >= 4 is 5.91 Å². The van der Waals surface area contributed by atoms with Gasteiger partial charge in [0.1, 0.15) is 12.4 Å². The topological polar surface area (TPSA) is 53.0 Å². The van der Waals surface area contributed by atoms with Crippen molar-refractivity contribution in [2.45, 2.75) is 0 Å². The molecule has 1 aliphatic rings. The van der Waals surface area contributed by atoms with Crippen LogP contribution in [0.1, 0.15) is 10.4 Å². The van der Waals surface area contributed by atoms with Gasteiger partial charge in [-0.2, -0.15) is 0 Å². The average Bonchev–Trinajstić information content (AvgIpc) is 2.54. The van der Waals surface area contributed by atoms with E-state index in [1.54, 1.807) is 30.3 Å². The Bertz CT molecular complexity index is 465. The van der Waals surface area contributed by atoms with Gasteiger partial charge in [0.25, 0.3) is 5.91 Å². The molecule has 0 atom stereocenters. The van der Waals surface area contributed by atoms with Crippen molar-refractivity contribution in [1.82, 2.24) is 9.80 Å². The average molecular weight is 290 g/mol. The molecule has 0 aromatic heterocycles. The Morgan fingerprint density at radius 3 is 2.48 bits per heavy atom. The molecule has 1 N–H and O–H groups in total. The van der Waals surface area contributed by atoms with Crippen LogP contribution >= 0.6 is 0 Å². The number of aliphatic hydroxyl groups is 1. The van der Waals surface area contributed by atoms with Gasteiger partial charge in [-0.1, -0.05) is 12.7 Å². The van der Waals surface area contributed by atoms with Crippen LogP contribution in [-0.2, 0) is 0 Å². The summed E-state index contributed by atoms with van der Waals surface area (Å²) in [6.45, 7) is 7.93. The van der Waals surface area contributed by atoms with E-state index in [-0.39, 0.29) is 12.5 Å². The Balaban J connectivity index is 1.90. The molecule has 5 heteroatoms. The normalized spacial score (nSPS) is 15.8. The highest BCUT2D eigenvalue weighted by atomic mass is 16.5. The summed E-state index contributed by atoms with van der Waals surface area (Å²) in [7, 11) is 0. The molecule has 0 bridgehead atoms. The number of benzene rings is 1. The van der Waals surface area contributed by atoms with Crippen LogP contribution in [0.4, 0.5) is 0 Å². The lowest BCUT2D eigenvalue weighted by Gasteiger charge is -2.34. The van der Waals surface area contributed by atoms with Crippen LogP contribution in [0.15, 0.2) is 36.9 Å². The zero-order chi connectivity index (χ0) is 15.1. The molecule has 1 saturated heterocycles. The van der Waals surface area contributed by atoms with Gasteiger partial charge in [0.15, 0.2) is 0 Å². The summed E-state index contributed by atoms with van der Waals surface area (Å²) >= 11 is 0. The molecule has 1 aliphatic heterocycles. The van der Waals surface area contributed by atoms with Gasteiger partial charge < -0.3 is 14.7 Å². The van der Waals surface area contributed by atoms with Gasteiger partial charge in [0, 0.05) is 38.3 Å². The van der Waals surface area contributed by atoms with Gasteiger partial charge in [0.05, 0.1) is 6.61 Å². The number of carbonyl (C=O) groups is 1. The van der Waals surface area contributed by atoms with Gasteiger partial charge in [-0.25, -0.2) is 0 Å². The number of rotatable bonds is 6. The maximum atomic E-state index is 12.4. The molecule has 0 radical (unpaired) electrons. The molecule has 114 valence electrons. The van der Waals surface area contributed by atoms with Crippen LogP contribution in [0, 0.1) is 0 Å². The first kappa shape index (κ1) is 15.5. The number of piperazine rings is 1. The number of nitrogens with zero attached hydrogens (tertiary/aromatic N) is 2. The van der Waals surface area contributed by atoms with E-state index in [4.69, 9.17) is 9.84 Å². The SMILES string of the molecule is C=CCOc1ccc(C(=O)N2CCN(CCO)CC2)cc1. The van der Waals surface area contributed by atoms with E-state index in [0.717, 1.165) is 18.8 Å². The minimum Gasteiger partial charge on any atom is -0.490 e. The molecule has 1 aromatic carbocycles. The fraction of sp³-hybridized carbons (Fsp3) is 0.438. The van der Waals surface area contributed by atoms with Crippen molar-refractivity contribution in [3.63, 3.8) is 0 Å². The Morgan fingerprint density at radius 1 is 1.24 bits per heavy atom. The Kier molecular flexibility index (Phi) is 5.78. The fourth-order valence-corrected chi connectivity index (χ4v) is 2.35. The molecular weight excluding hydrogens is 268 g/mol. The molecule has 1 heterocycles. The molecule has 5 nitrogen and oxygen atoms in total. The third-order valence-corrected chi connectivity index (χ3v) is 3.54. The summed E-state index contributed by atoms with van der Waals surface area (Å²) in [4.78, 5) is 16.4. The largest absolute Gasteiger partial charge is 0.490 e. The third-order valence-electron chi connectivity index (χ3n) is 3.54. The highest BCUT2D eigenvalue weighted by Crippen LogP contribution is 2.14. The first-order chi connectivity index (χ1) is 10.2. The molecule has 1 fully saturated rings. The van der Waals surface area contributed by atoms with Crippen LogP contribution in [-0.4, -0.2) is 66.8 Å². The van der Waals surface area contributed by atoms with Crippen molar-refractivity contribution in [2.24, 2.45) is 0 Å². The van der Waals surface area contributed by atoms with Gasteiger partial charge in [0.2, 0.25) is 0 Å². The van der Waals surface area contributed by atoms with Crippen LogP contribution in [0.5, 0.6) is 5.75 Å². The summed E-state index contributed by atoms with van der Waals surface area (Å²) in [6.07, 6.45) is 1.69. The van der Waals surface area contributed by atoms with Crippen LogP contribution < -0.4 is 4.74 Å². The maximum Gasteiger partial charge on any atom is 0.253 e. The third kappa shape index (κ3) is 4.31. The fourth-order valence-electron chi connectivity index (χ4n) is 2.35. The zero-order valence-corrected chi connectivity index (χ0v) is 12.2. The monoisotopic (exact) mass is 290 g/mol. The number of β-amino-alcohol motifs (C(OH)–C–C–N with tert-alkyl or cyclic N) is 1. The summed E-state index contributed by atoms with van der Waals surface area (Å²) in [5.74, 6) is 0.785. The molecule has 0 unspecified atom stereocenters. The van der Waals surface area contributed by atoms with Gasteiger partial charge >= 0.3 is 0 Å². The zero-order valence-electron chi connectivity index (χ0n) is 12.2. The summed E-state index contributed by atoms with van der Waals surface area (Å²) < 4.78 is 5.40. The van der Waals surface area contributed by atoms with Crippen LogP contribution in [0.2, 0.25) is 0 Å². The predicted molar refractivity (Wildman–Crippen MR) is 81.6 cm³/mol. The van der Waals surface area contributed by atoms with Crippen LogP contribution in [0.25, 0.3) is 0 Å². The second-order valence-corrected chi connectivity index (χ2v) is 4.98. The molecular formula is C16H22N2O3. The van der Waals surface area contributed by atoms with Gasteiger partial charge in [-0.3, -0.25) is 9.69 Å². The van der Waals surface area contributed by atoms with Crippen molar-refractivity contribution in [1.29, 1.82) is 0 Å². The Hall–Kier alpha value is -1.85. The van der Waals surface area contributed by atoms with E-state index in [1.165, 1.54) is 0 Å². The highest BCUT2D eigenvalue weighted by Gasteiger charge is 2.21. The van der Waals surface area contributed by atoms with Gasteiger partial charge in [-0.15, -0.1) is 0 Å². The Labute approximate surface area is 125 Å². The number of hydrogen-bond acceptors (Lipinski definition) is 4. The van der Waals surface area contributed by atoms with E-state index < -0.39 is 0 Å². The second-order valence-electron chi connectivity index (χ2n) is 4.98. The van der Waals surface area contributed by atoms with E-state index >= 15 is 0 Å². The van der Waals surface area contributed by atoms with Crippen LogP contribution in [0.3, 0.4) is 0 Å². The van der Waals surface area contributed by atoms with Crippen molar-refractivity contribution in [2.75, 3.05) is 45.9 Å². The van der Waals surface area contributed by atoms with Gasteiger partial charge in [-0.05, 0) is 24.3 Å². The van der Waals surface area contributed by atoms with Crippen molar-refractivity contribution in [3.05, 3.63) is 42.5 Å². The molecule has 0 saturated carbocycles. The van der Waals surface area contributed by atoms with E-state index in [1.807, 2.05) is 4.90 Å². The Morgan fingerprint density at radius 2 is 1.90 bits per heavy atom. The summed E-state index contributed by atoms with van der Waals surface area (Å²) in [5.41, 5.74) is 0.677.